The number of imidazole rings is 1. The Labute approximate surface area is 167 Å². The summed E-state index contributed by atoms with van der Waals surface area (Å²) < 4.78 is 92.5. The first-order valence-electron chi connectivity index (χ1n) is 7.00. The highest BCUT2D eigenvalue weighted by atomic mass is 32.2. The second-order valence-electron chi connectivity index (χ2n) is 5.18. The van der Waals surface area contributed by atoms with E-state index in [4.69, 9.17) is 0 Å². The lowest BCUT2D eigenvalue weighted by atomic mass is 10.3. The van der Waals surface area contributed by atoms with E-state index >= 15 is 0 Å². The lowest BCUT2D eigenvalue weighted by Crippen LogP contribution is -2.55. The summed E-state index contributed by atoms with van der Waals surface area (Å²) in [5.41, 5.74) is 1.67. The molecule has 5 nitrogen and oxygen atoms in total. The predicted molar refractivity (Wildman–Crippen MR) is 94.7 cm³/mol. The summed E-state index contributed by atoms with van der Waals surface area (Å²) >= 11 is 2.59. The number of hydrogen-bond acceptors (Lipinski definition) is 5. The highest BCUT2D eigenvalue weighted by Crippen LogP contribution is 2.47. The first kappa shape index (κ1) is 25.0. The predicted octanol–water partition coefficient (Wildman–Crippen LogP) is 5.29. The van der Waals surface area contributed by atoms with Crippen LogP contribution < -0.4 is 4.74 Å². The normalized spacial score (nSPS) is 12.4. The van der Waals surface area contributed by atoms with Crippen molar-refractivity contribution in [3.05, 3.63) is 34.8 Å². The minimum atomic E-state index is -6.46. The topological polar surface area (TPSA) is 82.3 Å². The van der Waals surface area contributed by atoms with Crippen LogP contribution in [-0.4, -0.2) is 38.6 Å². The van der Waals surface area contributed by atoms with E-state index in [0.717, 1.165) is 41.1 Å². The Hall–Kier alpha value is -2.06. The summed E-state index contributed by atoms with van der Waals surface area (Å²) in [5.74, 6) is -7.12. The van der Waals surface area contributed by atoms with E-state index in [9.17, 15) is 30.7 Å². The molecule has 0 aliphatic rings. The van der Waals surface area contributed by atoms with Gasteiger partial charge in [0.25, 0.3) is 0 Å². The molecule has 29 heavy (non-hydrogen) atoms. The summed E-state index contributed by atoms with van der Waals surface area (Å²) in [7, 11) is 0. The van der Waals surface area contributed by atoms with Crippen LogP contribution >= 0.6 is 23.1 Å². The molecule has 3 rings (SSSR count). The number of nitrogens with zero attached hydrogens (tertiary/aromatic N) is 2. The molecule has 3 heterocycles. The van der Waals surface area contributed by atoms with Gasteiger partial charge in [0.2, 0.25) is 0 Å². The number of fused-ring (bicyclic) bond motifs is 1. The van der Waals surface area contributed by atoms with Gasteiger partial charge in [-0.2, -0.15) is 30.7 Å². The van der Waals surface area contributed by atoms with E-state index < -0.39 is 24.0 Å². The highest BCUT2D eigenvalue weighted by molar-refractivity contribution is 7.98. The van der Waals surface area contributed by atoms with Crippen molar-refractivity contribution in [1.82, 2.24) is 15.0 Å². The van der Waals surface area contributed by atoms with Gasteiger partial charge in [-0.1, -0.05) is 19.2 Å². The van der Waals surface area contributed by atoms with Crippen LogP contribution in [0.25, 0.3) is 11.0 Å². The fourth-order valence-corrected chi connectivity index (χ4v) is 3.39. The number of H-pyrrole nitrogens is 1. The van der Waals surface area contributed by atoms with Gasteiger partial charge in [-0.05, 0) is 6.07 Å². The molecular weight excluding hydrogens is 451 g/mol. The van der Waals surface area contributed by atoms with Gasteiger partial charge in [-0.15, -0.1) is 11.3 Å². The number of thioether (sulfide) groups is 1. The molecule has 0 fully saturated rings. The maximum atomic E-state index is 13.3. The van der Waals surface area contributed by atoms with Crippen molar-refractivity contribution in [3.8, 4) is 5.75 Å². The molecule has 0 saturated carbocycles. The fourth-order valence-electron chi connectivity index (χ4n) is 1.91. The highest BCUT2D eigenvalue weighted by Gasteiger charge is 2.75. The van der Waals surface area contributed by atoms with Gasteiger partial charge >= 0.3 is 18.2 Å². The van der Waals surface area contributed by atoms with Crippen LogP contribution in [0.5, 0.6) is 5.75 Å². The average Bonchev–Trinajstić information content (AvgIpc) is 3.13. The quantitative estimate of drug-likeness (QED) is 0.396. The SMILES string of the molecule is C.FC(F)(F)C(F)(F)C(F)(F)Oc1ccnc(CSc2nc3cscc3[nH]2)c1.O. The Morgan fingerprint density at radius 1 is 1.10 bits per heavy atom. The van der Waals surface area contributed by atoms with E-state index in [1.54, 1.807) is 0 Å². The molecule has 0 atom stereocenters. The Morgan fingerprint density at radius 2 is 1.79 bits per heavy atom. The zero-order valence-electron chi connectivity index (χ0n) is 13.4. The average molecular weight is 465 g/mol. The molecule has 0 radical (unpaired) electrons. The summed E-state index contributed by atoms with van der Waals surface area (Å²) in [6.07, 6.45) is -11.3. The number of nitrogens with one attached hydrogen (secondary N) is 1. The van der Waals surface area contributed by atoms with Crippen molar-refractivity contribution in [2.45, 2.75) is 36.5 Å². The molecule has 0 amide bonds. The van der Waals surface area contributed by atoms with Crippen LogP contribution in [0, 0.1) is 0 Å². The summed E-state index contributed by atoms with van der Waals surface area (Å²) in [6, 6.07) is 1.62. The molecule has 3 N–H and O–H groups in total. The molecule has 162 valence electrons. The van der Waals surface area contributed by atoms with Crippen LogP contribution in [-0.2, 0) is 5.75 Å². The largest absolute Gasteiger partial charge is 0.474 e. The van der Waals surface area contributed by atoms with Crippen molar-refractivity contribution in [1.29, 1.82) is 0 Å². The number of thiophene rings is 1. The van der Waals surface area contributed by atoms with E-state index in [0.29, 0.717) is 5.16 Å². The molecule has 3 aromatic heterocycles. The Balaban J connectivity index is 0.00000210. The molecule has 3 aromatic rings. The van der Waals surface area contributed by atoms with E-state index in [-0.39, 0.29) is 24.3 Å². The number of halogens is 7. The van der Waals surface area contributed by atoms with Gasteiger partial charge in [-0.25, -0.2) is 4.98 Å². The Morgan fingerprint density at radius 3 is 2.41 bits per heavy atom. The maximum Gasteiger partial charge on any atom is 0.474 e. The van der Waals surface area contributed by atoms with Gasteiger partial charge in [0, 0.05) is 28.8 Å². The molecule has 0 unspecified atom stereocenters. The van der Waals surface area contributed by atoms with Gasteiger partial charge in [0.05, 0.1) is 11.2 Å². The van der Waals surface area contributed by atoms with Crippen molar-refractivity contribution >= 4 is 34.1 Å². The number of ether oxygens (including phenoxy) is 1. The van der Waals surface area contributed by atoms with Crippen molar-refractivity contribution in [3.63, 3.8) is 0 Å². The second kappa shape index (κ2) is 8.75. The third kappa shape index (κ3) is 5.11. The monoisotopic (exact) mass is 465 g/mol. The zero-order valence-corrected chi connectivity index (χ0v) is 15.0. The fraction of sp³-hybridized carbons (Fsp3) is 0.333. The molecule has 0 saturated heterocycles. The number of aromatic amines is 1. The van der Waals surface area contributed by atoms with Crippen molar-refractivity contribution in [2.75, 3.05) is 0 Å². The number of rotatable bonds is 6. The Kier molecular flexibility index (Phi) is 7.54. The molecule has 0 spiro atoms. The third-order valence-electron chi connectivity index (χ3n) is 3.22. The van der Waals surface area contributed by atoms with Crippen molar-refractivity contribution in [2.24, 2.45) is 0 Å². The first-order valence-corrected chi connectivity index (χ1v) is 8.93. The van der Waals surface area contributed by atoms with Crippen LogP contribution in [0.1, 0.15) is 13.1 Å². The van der Waals surface area contributed by atoms with Crippen LogP contribution in [0.2, 0.25) is 0 Å². The minimum absolute atomic E-state index is 0. The van der Waals surface area contributed by atoms with Crippen molar-refractivity contribution < 1.29 is 40.9 Å². The molecule has 0 aromatic carbocycles. The first-order chi connectivity index (χ1) is 12.5. The standard InChI is InChI=1S/C14H8F7N3OS2.CH4.H2O/c15-12(16,13(17,18)19)14(20,21)25-8-1-2-22-7(3-8)4-27-11-23-9-5-26-6-10(9)24-11;;/h1-3,5-6H,4H2,(H,23,24);1H4;1H2. The summed E-state index contributed by atoms with van der Waals surface area (Å²) in [5, 5.41) is 4.16. The zero-order chi connectivity index (χ0) is 19.9. The van der Waals surface area contributed by atoms with Crippen LogP contribution in [0.15, 0.2) is 34.2 Å². The maximum absolute atomic E-state index is 13.3. The molecular formula is C15H14F7N3O2S2. The van der Waals surface area contributed by atoms with E-state index in [2.05, 4.69) is 19.7 Å². The lowest BCUT2D eigenvalue weighted by Gasteiger charge is -2.27. The number of aromatic nitrogens is 3. The summed E-state index contributed by atoms with van der Waals surface area (Å²) in [4.78, 5) is 11.1. The second-order valence-corrected chi connectivity index (χ2v) is 6.88. The molecule has 14 heteroatoms. The Bertz CT molecular complexity index is 915. The van der Waals surface area contributed by atoms with Crippen LogP contribution in [0.3, 0.4) is 0 Å². The van der Waals surface area contributed by atoms with E-state index in [1.807, 2.05) is 10.8 Å². The molecule has 0 aliphatic carbocycles. The summed E-state index contributed by atoms with van der Waals surface area (Å²) in [6.45, 7) is 0. The van der Waals surface area contributed by atoms with Gasteiger partial charge in [-0.3, -0.25) is 4.98 Å². The third-order valence-corrected chi connectivity index (χ3v) is 4.86. The van der Waals surface area contributed by atoms with Gasteiger partial charge < -0.3 is 15.2 Å². The molecule has 0 aliphatic heterocycles. The number of pyridine rings is 1. The van der Waals surface area contributed by atoms with Crippen LogP contribution in [0.4, 0.5) is 30.7 Å². The minimum Gasteiger partial charge on any atom is -0.428 e. The lowest BCUT2D eigenvalue weighted by molar-refractivity contribution is -0.402. The number of alkyl halides is 7. The smallest absolute Gasteiger partial charge is 0.428 e. The van der Waals surface area contributed by atoms with Gasteiger partial charge in [0.15, 0.2) is 5.16 Å². The van der Waals surface area contributed by atoms with E-state index in [1.165, 1.54) is 11.3 Å². The molecule has 0 bridgehead atoms. The number of hydrogen-bond donors (Lipinski definition) is 1. The van der Waals surface area contributed by atoms with Gasteiger partial charge in [0.1, 0.15) is 11.3 Å².